The van der Waals surface area contributed by atoms with Gasteiger partial charge in [0.1, 0.15) is 5.60 Å². The lowest BCUT2D eigenvalue weighted by molar-refractivity contribution is 0.0508. The molecule has 0 bridgehead atoms. The molecule has 0 heterocycles. The summed E-state index contributed by atoms with van der Waals surface area (Å²) in [5.41, 5.74) is -0.425. The van der Waals surface area contributed by atoms with Crippen molar-refractivity contribution in [1.82, 2.24) is 10.6 Å². The van der Waals surface area contributed by atoms with E-state index in [9.17, 15) is 4.79 Å². The Morgan fingerprint density at radius 2 is 2.06 bits per heavy atom. The van der Waals surface area contributed by atoms with E-state index in [0.29, 0.717) is 0 Å². The van der Waals surface area contributed by atoms with Crippen LogP contribution in [0, 0.1) is 5.92 Å². The molecule has 1 aliphatic carbocycles. The molecule has 1 unspecified atom stereocenters. The third kappa shape index (κ3) is 6.67. The first-order chi connectivity index (χ1) is 7.37. The van der Waals surface area contributed by atoms with Gasteiger partial charge >= 0.3 is 6.09 Å². The molecule has 94 valence electrons. The lowest BCUT2D eigenvalue weighted by atomic mass is 10.2. The van der Waals surface area contributed by atoms with Crippen molar-refractivity contribution in [2.24, 2.45) is 5.92 Å². The molecule has 1 fully saturated rings. The van der Waals surface area contributed by atoms with Crippen LogP contribution >= 0.6 is 0 Å². The topological polar surface area (TPSA) is 50.4 Å². The molecule has 0 aromatic rings. The van der Waals surface area contributed by atoms with Gasteiger partial charge in [0.15, 0.2) is 0 Å². The van der Waals surface area contributed by atoms with Crippen LogP contribution in [0.1, 0.15) is 40.5 Å². The largest absolute Gasteiger partial charge is 0.444 e. The number of nitrogens with one attached hydrogen (secondary N) is 2. The van der Waals surface area contributed by atoms with E-state index in [4.69, 9.17) is 4.74 Å². The summed E-state index contributed by atoms with van der Waals surface area (Å²) >= 11 is 0. The summed E-state index contributed by atoms with van der Waals surface area (Å²) in [6, 6.07) is 0.105. The summed E-state index contributed by atoms with van der Waals surface area (Å²) in [7, 11) is 0. The normalized spacial score (nSPS) is 18.0. The zero-order valence-electron chi connectivity index (χ0n) is 10.8. The summed E-state index contributed by atoms with van der Waals surface area (Å²) in [4.78, 5) is 11.4. The van der Waals surface area contributed by atoms with Crippen LogP contribution < -0.4 is 10.6 Å². The minimum Gasteiger partial charge on any atom is -0.444 e. The molecule has 2 N–H and O–H groups in total. The van der Waals surface area contributed by atoms with E-state index in [2.05, 4.69) is 10.6 Å². The number of carbonyl (C=O) groups excluding carboxylic acids is 1. The van der Waals surface area contributed by atoms with E-state index in [-0.39, 0.29) is 12.1 Å². The molecule has 0 saturated heterocycles. The van der Waals surface area contributed by atoms with Crippen LogP contribution in [0.5, 0.6) is 0 Å². The van der Waals surface area contributed by atoms with E-state index in [1.807, 2.05) is 27.7 Å². The van der Waals surface area contributed by atoms with Crippen LogP contribution in [0.4, 0.5) is 4.79 Å². The molecular weight excluding hydrogens is 204 g/mol. The highest BCUT2D eigenvalue weighted by Gasteiger charge is 2.21. The monoisotopic (exact) mass is 228 g/mol. The fourth-order valence-electron chi connectivity index (χ4n) is 1.39. The molecule has 16 heavy (non-hydrogen) atoms. The Hall–Kier alpha value is -0.770. The Morgan fingerprint density at radius 3 is 2.56 bits per heavy atom. The lowest BCUT2D eigenvalue weighted by Crippen LogP contribution is -2.42. The van der Waals surface area contributed by atoms with Crippen LogP contribution in [0.3, 0.4) is 0 Å². The third-order valence-corrected chi connectivity index (χ3v) is 2.34. The van der Waals surface area contributed by atoms with Crippen molar-refractivity contribution in [3.8, 4) is 0 Å². The van der Waals surface area contributed by atoms with Crippen molar-refractivity contribution in [3.05, 3.63) is 0 Å². The fourth-order valence-corrected chi connectivity index (χ4v) is 1.39. The molecule has 1 saturated carbocycles. The number of rotatable bonds is 5. The fraction of sp³-hybridized carbons (Fsp3) is 0.917. The first-order valence-corrected chi connectivity index (χ1v) is 6.07. The highest BCUT2D eigenvalue weighted by Crippen LogP contribution is 2.27. The van der Waals surface area contributed by atoms with Gasteiger partial charge in [0.05, 0.1) is 0 Å². The van der Waals surface area contributed by atoms with Crippen molar-refractivity contribution in [1.29, 1.82) is 0 Å². The smallest absolute Gasteiger partial charge is 0.407 e. The number of carbonyl (C=O) groups is 1. The van der Waals surface area contributed by atoms with Crippen molar-refractivity contribution in [2.75, 3.05) is 13.1 Å². The Kier molecular flexibility index (Phi) is 4.59. The highest BCUT2D eigenvalue weighted by molar-refractivity contribution is 5.68. The minimum atomic E-state index is -0.425. The van der Waals surface area contributed by atoms with Gasteiger partial charge in [-0.1, -0.05) is 0 Å². The van der Waals surface area contributed by atoms with Crippen LogP contribution in [0.15, 0.2) is 0 Å². The van der Waals surface area contributed by atoms with Crippen LogP contribution in [0.25, 0.3) is 0 Å². The summed E-state index contributed by atoms with van der Waals surface area (Å²) in [5.74, 6) is 0.869. The number of hydrogen-bond donors (Lipinski definition) is 2. The second-order valence-corrected chi connectivity index (χ2v) is 5.65. The third-order valence-electron chi connectivity index (χ3n) is 2.34. The Labute approximate surface area is 98.1 Å². The summed E-state index contributed by atoms with van der Waals surface area (Å²) < 4.78 is 5.17. The SMILES string of the molecule is CC(CNCC1CC1)NC(=O)OC(C)(C)C. The standard InChI is InChI=1S/C12H24N2O2/c1-9(7-13-8-10-5-6-10)14-11(15)16-12(2,3)4/h9-10,13H,5-8H2,1-4H3,(H,14,15). The van der Waals surface area contributed by atoms with Crippen molar-refractivity contribution < 1.29 is 9.53 Å². The van der Waals surface area contributed by atoms with Gasteiger partial charge in [0, 0.05) is 12.6 Å². The molecular formula is C12H24N2O2. The quantitative estimate of drug-likeness (QED) is 0.755. The number of amides is 1. The molecule has 1 atom stereocenters. The van der Waals surface area contributed by atoms with E-state index in [0.717, 1.165) is 19.0 Å². The number of hydrogen-bond acceptors (Lipinski definition) is 3. The maximum Gasteiger partial charge on any atom is 0.407 e. The van der Waals surface area contributed by atoms with Gasteiger partial charge in [-0.2, -0.15) is 0 Å². The Morgan fingerprint density at radius 1 is 1.44 bits per heavy atom. The molecule has 4 nitrogen and oxygen atoms in total. The van der Waals surface area contributed by atoms with Gasteiger partial charge in [-0.25, -0.2) is 4.79 Å². The van der Waals surface area contributed by atoms with Gasteiger partial charge in [0.2, 0.25) is 0 Å². The van der Waals surface area contributed by atoms with Crippen molar-refractivity contribution in [3.63, 3.8) is 0 Å². The van der Waals surface area contributed by atoms with Gasteiger partial charge < -0.3 is 15.4 Å². The van der Waals surface area contributed by atoms with Crippen molar-refractivity contribution in [2.45, 2.75) is 52.2 Å². The second-order valence-electron chi connectivity index (χ2n) is 5.65. The first-order valence-electron chi connectivity index (χ1n) is 6.07. The minimum absolute atomic E-state index is 0.105. The average Bonchev–Trinajstić information content (AvgIpc) is 2.83. The molecule has 0 spiro atoms. The molecule has 0 aromatic carbocycles. The molecule has 0 aliphatic heterocycles. The van der Waals surface area contributed by atoms with Crippen LogP contribution in [-0.2, 0) is 4.74 Å². The molecule has 0 radical (unpaired) electrons. The van der Waals surface area contributed by atoms with Gasteiger partial charge in [0.25, 0.3) is 0 Å². The summed E-state index contributed by atoms with van der Waals surface area (Å²) in [6.07, 6.45) is 2.36. The van der Waals surface area contributed by atoms with Gasteiger partial charge in [-0.3, -0.25) is 0 Å². The van der Waals surface area contributed by atoms with E-state index < -0.39 is 5.60 Å². The summed E-state index contributed by atoms with van der Waals surface area (Å²) in [6.45, 7) is 9.44. The van der Waals surface area contributed by atoms with Crippen LogP contribution in [-0.4, -0.2) is 30.8 Å². The predicted octanol–water partition coefficient (Wildman–Crippen LogP) is 1.90. The first kappa shape index (κ1) is 13.3. The molecule has 1 amide bonds. The second kappa shape index (κ2) is 5.53. The average molecular weight is 228 g/mol. The number of ether oxygens (including phenoxy) is 1. The van der Waals surface area contributed by atoms with Gasteiger partial charge in [-0.05, 0) is 53.0 Å². The van der Waals surface area contributed by atoms with E-state index in [1.54, 1.807) is 0 Å². The van der Waals surface area contributed by atoms with Crippen LogP contribution in [0.2, 0.25) is 0 Å². The Bertz CT molecular complexity index is 232. The molecule has 4 heteroatoms. The van der Waals surface area contributed by atoms with Crippen molar-refractivity contribution >= 4 is 6.09 Å². The predicted molar refractivity (Wildman–Crippen MR) is 64.4 cm³/mol. The molecule has 1 aliphatic rings. The molecule has 0 aromatic heterocycles. The zero-order chi connectivity index (χ0) is 12.2. The highest BCUT2D eigenvalue weighted by atomic mass is 16.6. The van der Waals surface area contributed by atoms with Gasteiger partial charge in [-0.15, -0.1) is 0 Å². The Balaban J connectivity index is 2.07. The zero-order valence-corrected chi connectivity index (χ0v) is 10.8. The number of alkyl carbamates (subject to hydrolysis) is 1. The molecule has 1 rings (SSSR count). The van der Waals surface area contributed by atoms with E-state index in [1.165, 1.54) is 12.8 Å². The lowest BCUT2D eigenvalue weighted by Gasteiger charge is -2.22. The van der Waals surface area contributed by atoms with E-state index >= 15 is 0 Å². The summed E-state index contributed by atoms with van der Waals surface area (Å²) in [5, 5.41) is 6.15. The maximum absolute atomic E-state index is 11.4. The maximum atomic E-state index is 11.4.